The van der Waals surface area contributed by atoms with Crippen LogP contribution in [-0.2, 0) is 15.3 Å². The molecule has 3 rings (SSSR count). The zero-order chi connectivity index (χ0) is 17.8. The molecule has 1 aliphatic heterocycles. The van der Waals surface area contributed by atoms with Gasteiger partial charge in [0.05, 0.1) is 16.0 Å². The number of hydrogen-bond donors (Lipinski definition) is 0. The van der Waals surface area contributed by atoms with Crippen LogP contribution in [0.25, 0.3) is 10.2 Å². The maximum atomic E-state index is 12.4. The summed E-state index contributed by atoms with van der Waals surface area (Å²) in [6.07, 6.45) is 0. The van der Waals surface area contributed by atoms with Crippen molar-refractivity contribution >= 4 is 45.1 Å². The second-order valence-electron chi connectivity index (χ2n) is 6.43. The van der Waals surface area contributed by atoms with Crippen molar-refractivity contribution in [1.82, 2.24) is 14.8 Å². The Morgan fingerprint density at radius 2 is 1.84 bits per heavy atom. The summed E-state index contributed by atoms with van der Waals surface area (Å²) in [6.45, 7) is 6.39. The van der Waals surface area contributed by atoms with Crippen LogP contribution in [0.15, 0.2) is 24.3 Å². The smallest absolute Gasteiger partial charge is 0.232 e. The summed E-state index contributed by atoms with van der Waals surface area (Å²) in [6, 6.07) is 8.10. The summed E-state index contributed by atoms with van der Waals surface area (Å²) in [5.41, 5.74) is 1.03. The van der Waals surface area contributed by atoms with Crippen molar-refractivity contribution in [2.24, 2.45) is 5.92 Å². The van der Waals surface area contributed by atoms with E-state index < -0.39 is 0 Å². The van der Waals surface area contributed by atoms with Gasteiger partial charge in [0.1, 0.15) is 5.01 Å². The minimum absolute atomic E-state index is 0.0200. The first-order valence-electron chi connectivity index (χ1n) is 8.53. The second kappa shape index (κ2) is 8.19. The number of thiazole rings is 1. The molecule has 134 valence electrons. The number of carbonyl (C=O) groups is 2. The van der Waals surface area contributed by atoms with E-state index in [1.165, 1.54) is 4.70 Å². The Hall–Kier alpha value is -1.60. The fourth-order valence-electron chi connectivity index (χ4n) is 2.84. The van der Waals surface area contributed by atoms with Crippen molar-refractivity contribution < 1.29 is 9.59 Å². The van der Waals surface area contributed by atoms with Gasteiger partial charge in [-0.25, -0.2) is 4.98 Å². The monoisotopic (exact) mass is 377 g/mol. The zero-order valence-corrected chi connectivity index (χ0v) is 16.2. The Labute approximate surface area is 156 Å². The van der Waals surface area contributed by atoms with Crippen LogP contribution >= 0.6 is 23.1 Å². The third kappa shape index (κ3) is 4.52. The number of carbonyl (C=O) groups excluding carboxylic acids is 2. The van der Waals surface area contributed by atoms with Gasteiger partial charge in [-0.3, -0.25) is 9.59 Å². The van der Waals surface area contributed by atoms with Crippen LogP contribution in [0.2, 0.25) is 0 Å². The summed E-state index contributed by atoms with van der Waals surface area (Å²) < 4.78 is 1.19. The molecular formula is C18H23N3O2S2. The van der Waals surface area contributed by atoms with E-state index >= 15 is 0 Å². The predicted octanol–water partition coefficient (Wildman–Crippen LogP) is 2.86. The molecule has 25 heavy (non-hydrogen) atoms. The van der Waals surface area contributed by atoms with Crippen molar-refractivity contribution in [3.8, 4) is 0 Å². The Morgan fingerprint density at radius 3 is 2.52 bits per heavy atom. The van der Waals surface area contributed by atoms with E-state index in [2.05, 4.69) is 11.1 Å². The number of para-hydroxylation sites is 1. The first kappa shape index (κ1) is 18.2. The minimum Gasteiger partial charge on any atom is -0.339 e. The molecule has 0 aliphatic carbocycles. The summed E-state index contributed by atoms with van der Waals surface area (Å²) in [5, 5.41) is 1.06. The number of benzene rings is 1. The average Bonchev–Trinajstić information content (AvgIpc) is 3.03. The third-order valence-corrected chi connectivity index (χ3v) is 6.37. The highest BCUT2D eigenvalue weighted by atomic mass is 32.2. The van der Waals surface area contributed by atoms with Crippen LogP contribution in [0.4, 0.5) is 0 Å². The van der Waals surface area contributed by atoms with E-state index in [0.717, 1.165) is 16.3 Å². The lowest BCUT2D eigenvalue weighted by molar-refractivity contribution is -0.140. The van der Waals surface area contributed by atoms with Gasteiger partial charge in [0, 0.05) is 37.8 Å². The van der Waals surface area contributed by atoms with E-state index in [1.54, 1.807) is 23.1 Å². The summed E-state index contributed by atoms with van der Waals surface area (Å²) in [4.78, 5) is 32.7. The van der Waals surface area contributed by atoms with E-state index in [9.17, 15) is 9.59 Å². The number of hydrogen-bond acceptors (Lipinski definition) is 5. The fourth-order valence-corrected chi connectivity index (χ4v) is 4.79. The molecule has 1 fully saturated rings. The Bertz CT molecular complexity index is 719. The highest BCUT2D eigenvalue weighted by Crippen LogP contribution is 2.24. The SMILES string of the molecule is CC(C)C(=O)N1CCN(C(=O)CSCc2nc3ccccc3s2)CC1. The standard InChI is InChI=1S/C18H23N3O2S2/c1-13(2)18(23)21-9-7-20(8-10-21)17(22)12-24-11-16-19-14-5-3-4-6-15(14)25-16/h3-6,13H,7-12H2,1-2H3. The molecule has 0 saturated carbocycles. The maximum Gasteiger partial charge on any atom is 0.232 e. The maximum absolute atomic E-state index is 12.4. The molecule has 2 heterocycles. The fraction of sp³-hybridized carbons (Fsp3) is 0.500. The Balaban J connectivity index is 1.43. The largest absolute Gasteiger partial charge is 0.339 e. The van der Waals surface area contributed by atoms with E-state index in [0.29, 0.717) is 31.9 Å². The number of thioether (sulfide) groups is 1. The molecular weight excluding hydrogens is 354 g/mol. The molecule has 5 nitrogen and oxygen atoms in total. The molecule has 0 unspecified atom stereocenters. The molecule has 1 aliphatic rings. The van der Waals surface area contributed by atoms with Crippen LogP contribution in [-0.4, -0.2) is 58.5 Å². The topological polar surface area (TPSA) is 53.5 Å². The normalized spacial score (nSPS) is 15.2. The van der Waals surface area contributed by atoms with Crippen molar-refractivity contribution in [2.45, 2.75) is 19.6 Å². The summed E-state index contributed by atoms with van der Waals surface area (Å²) in [7, 11) is 0. The van der Waals surface area contributed by atoms with Gasteiger partial charge in [-0.1, -0.05) is 26.0 Å². The van der Waals surface area contributed by atoms with Crippen LogP contribution in [0, 0.1) is 5.92 Å². The number of amides is 2. The lowest BCUT2D eigenvalue weighted by Crippen LogP contribution is -2.51. The van der Waals surface area contributed by atoms with Crippen molar-refractivity contribution in [3.05, 3.63) is 29.3 Å². The molecule has 7 heteroatoms. The first-order chi connectivity index (χ1) is 12.0. The molecule has 1 saturated heterocycles. The van der Waals surface area contributed by atoms with Gasteiger partial charge < -0.3 is 9.80 Å². The molecule has 1 aromatic heterocycles. The second-order valence-corrected chi connectivity index (χ2v) is 8.53. The van der Waals surface area contributed by atoms with Gasteiger partial charge in [0.2, 0.25) is 11.8 Å². The van der Waals surface area contributed by atoms with Gasteiger partial charge in [-0.2, -0.15) is 0 Å². The van der Waals surface area contributed by atoms with Gasteiger partial charge in [0.25, 0.3) is 0 Å². The summed E-state index contributed by atoms with van der Waals surface area (Å²) >= 11 is 3.30. The van der Waals surface area contributed by atoms with Gasteiger partial charge in [-0.05, 0) is 12.1 Å². The van der Waals surface area contributed by atoms with Gasteiger partial charge in [0.15, 0.2) is 0 Å². The van der Waals surface area contributed by atoms with Gasteiger partial charge >= 0.3 is 0 Å². The van der Waals surface area contributed by atoms with Crippen LogP contribution in [0.1, 0.15) is 18.9 Å². The first-order valence-corrected chi connectivity index (χ1v) is 10.5. The van der Waals surface area contributed by atoms with E-state index in [-0.39, 0.29) is 17.7 Å². The predicted molar refractivity (Wildman–Crippen MR) is 104 cm³/mol. The number of nitrogens with zero attached hydrogens (tertiary/aromatic N) is 3. The third-order valence-electron chi connectivity index (χ3n) is 4.23. The highest BCUT2D eigenvalue weighted by molar-refractivity contribution is 7.99. The lowest BCUT2D eigenvalue weighted by atomic mass is 10.1. The zero-order valence-electron chi connectivity index (χ0n) is 14.6. The van der Waals surface area contributed by atoms with Crippen LogP contribution in [0.3, 0.4) is 0 Å². The molecule has 0 spiro atoms. The van der Waals surface area contributed by atoms with E-state index in [1.807, 2.05) is 41.8 Å². The van der Waals surface area contributed by atoms with Crippen molar-refractivity contribution in [3.63, 3.8) is 0 Å². The number of rotatable bonds is 5. The van der Waals surface area contributed by atoms with Crippen LogP contribution in [0.5, 0.6) is 0 Å². The average molecular weight is 378 g/mol. The molecule has 0 atom stereocenters. The molecule has 2 amide bonds. The molecule has 1 aromatic carbocycles. The number of aromatic nitrogens is 1. The van der Waals surface area contributed by atoms with Crippen LogP contribution < -0.4 is 0 Å². The minimum atomic E-state index is 0.0200. The van der Waals surface area contributed by atoms with E-state index in [4.69, 9.17) is 0 Å². The quantitative estimate of drug-likeness (QED) is 0.804. The highest BCUT2D eigenvalue weighted by Gasteiger charge is 2.25. The van der Waals surface area contributed by atoms with Crippen molar-refractivity contribution in [1.29, 1.82) is 0 Å². The summed E-state index contributed by atoms with van der Waals surface area (Å²) in [5.74, 6) is 1.58. The van der Waals surface area contributed by atoms with Crippen molar-refractivity contribution in [2.75, 3.05) is 31.9 Å². The molecule has 2 aromatic rings. The number of fused-ring (bicyclic) bond motifs is 1. The lowest BCUT2D eigenvalue weighted by Gasteiger charge is -2.35. The Morgan fingerprint density at radius 1 is 1.16 bits per heavy atom. The number of piperazine rings is 1. The molecule has 0 N–H and O–H groups in total. The van der Waals surface area contributed by atoms with Gasteiger partial charge in [-0.15, -0.1) is 23.1 Å². The molecule has 0 radical (unpaired) electrons. The molecule has 0 bridgehead atoms. The Kier molecular flexibility index (Phi) is 5.96.